The number of aliphatic hydroxyl groups excluding tert-OH is 1. The first-order valence-corrected chi connectivity index (χ1v) is 12.9. The van der Waals surface area contributed by atoms with Gasteiger partial charge in [0.1, 0.15) is 18.2 Å². The molecule has 0 radical (unpaired) electrons. The average Bonchev–Trinajstić information content (AvgIpc) is 3.40. The van der Waals surface area contributed by atoms with E-state index in [2.05, 4.69) is 15.3 Å². The second-order valence-electron chi connectivity index (χ2n) is 10.1. The minimum atomic E-state index is -0.768. The van der Waals surface area contributed by atoms with E-state index in [4.69, 9.17) is 9.15 Å². The summed E-state index contributed by atoms with van der Waals surface area (Å²) in [5.74, 6) is 1.20. The van der Waals surface area contributed by atoms with E-state index in [9.17, 15) is 9.90 Å². The molecule has 196 valence electrons. The Kier molecular flexibility index (Phi) is 7.81. The molecule has 1 aliphatic heterocycles. The Morgan fingerprint density at radius 3 is 2.97 bits per heavy atom. The maximum atomic E-state index is 15.0. The summed E-state index contributed by atoms with van der Waals surface area (Å²) in [6, 6.07) is 4.96. The number of nitrogens with one attached hydrogen (secondary N) is 1. The van der Waals surface area contributed by atoms with Crippen LogP contribution in [0, 0.1) is 18.7 Å². The maximum Gasteiger partial charge on any atom is 0.251 e. The van der Waals surface area contributed by atoms with Crippen molar-refractivity contribution in [2.45, 2.75) is 58.3 Å². The van der Waals surface area contributed by atoms with Crippen LogP contribution in [0.2, 0.25) is 0 Å². The molecule has 2 aliphatic rings. The van der Waals surface area contributed by atoms with E-state index in [1.54, 1.807) is 18.5 Å². The highest BCUT2D eigenvalue weighted by Gasteiger charge is 2.25. The first-order chi connectivity index (χ1) is 18.0. The Morgan fingerprint density at radius 2 is 2.22 bits per heavy atom. The minimum absolute atomic E-state index is 0.123. The van der Waals surface area contributed by atoms with E-state index in [0.717, 1.165) is 23.2 Å². The van der Waals surface area contributed by atoms with Gasteiger partial charge in [0.25, 0.3) is 5.91 Å². The van der Waals surface area contributed by atoms with Crippen LogP contribution in [0.5, 0.6) is 5.75 Å². The predicted octanol–water partition coefficient (Wildman–Crippen LogP) is 3.59. The first kappa shape index (κ1) is 25.4. The smallest absolute Gasteiger partial charge is 0.251 e. The van der Waals surface area contributed by atoms with Gasteiger partial charge in [-0.1, -0.05) is 19.3 Å². The maximum absolute atomic E-state index is 15.0. The van der Waals surface area contributed by atoms with Crippen LogP contribution in [0.15, 0.2) is 41.4 Å². The van der Waals surface area contributed by atoms with Crippen LogP contribution in [0.3, 0.4) is 0 Å². The molecular formula is C28H33FN4O4. The fourth-order valence-electron chi connectivity index (χ4n) is 5.08. The van der Waals surface area contributed by atoms with Crippen LogP contribution in [0.4, 0.5) is 4.39 Å². The number of carbonyl (C=O) groups is 1. The number of pyridine rings is 1. The lowest BCUT2D eigenvalue weighted by atomic mass is 9.82. The molecule has 0 spiro atoms. The van der Waals surface area contributed by atoms with Crippen molar-refractivity contribution >= 4 is 5.91 Å². The summed E-state index contributed by atoms with van der Waals surface area (Å²) in [5.41, 5.74) is 3.98. The van der Waals surface area contributed by atoms with Gasteiger partial charge in [0.05, 0.1) is 12.3 Å². The summed E-state index contributed by atoms with van der Waals surface area (Å²) in [6.45, 7) is 3.65. The molecule has 5 rings (SSSR count). The molecule has 8 nitrogen and oxygen atoms in total. The molecule has 1 aliphatic carbocycles. The van der Waals surface area contributed by atoms with Gasteiger partial charge in [-0.15, -0.1) is 0 Å². The number of aromatic nitrogens is 2. The van der Waals surface area contributed by atoms with E-state index in [1.165, 1.54) is 31.7 Å². The monoisotopic (exact) mass is 508 g/mol. The average molecular weight is 509 g/mol. The van der Waals surface area contributed by atoms with Gasteiger partial charge in [0.15, 0.2) is 12.2 Å². The Morgan fingerprint density at radius 1 is 1.35 bits per heavy atom. The zero-order valence-electron chi connectivity index (χ0n) is 21.1. The summed E-state index contributed by atoms with van der Waals surface area (Å²) in [5, 5.41) is 13.4. The zero-order chi connectivity index (χ0) is 25.8. The standard InChI is InChI=1S/C28H33FN4O4/c1-18-24-6-8-33(15-25(24)26(29)11-27(18)36-16-23-13-30-17-37-23)14-22(34)12-32-28(35)20-5-7-31-21(10-20)9-19-3-2-4-19/h5,7,10-11,13,17,19,22,34H,2-4,6,8-9,12,14-16H2,1H3,(H,32,35)/t22-/m0/s1. The quantitative estimate of drug-likeness (QED) is 0.432. The number of hydrogen-bond acceptors (Lipinski definition) is 7. The van der Waals surface area contributed by atoms with Crippen molar-refractivity contribution in [2.24, 2.45) is 5.92 Å². The molecule has 2 aromatic heterocycles. The van der Waals surface area contributed by atoms with Gasteiger partial charge in [0.2, 0.25) is 0 Å². The van der Waals surface area contributed by atoms with Gasteiger partial charge in [-0.05, 0) is 48.9 Å². The molecule has 3 heterocycles. The van der Waals surface area contributed by atoms with Crippen molar-refractivity contribution in [3.8, 4) is 5.75 Å². The summed E-state index contributed by atoms with van der Waals surface area (Å²) in [6.07, 6.45) is 9.10. The highest BCUT2D eigenvalue weighted by Crippen LogP contribution is 2.32. The van der Waals surface area contributed by atoms with E-state index >= 15 is 4.39 Å². The largest absolute Gasteiger partial charge is 0.485 e. The van der Waals surface area contributed by atoms with Crippen molar-refractivity contribution in [1.82, 2.24) is 20.2 Å². The van der Waals surface area contributed by atoms with E-state index in [-0.39, 0.29) is 24.9 Å². The van der Waals surface area contributed by atoms with Crippen molar-refractivity contribution in [3.05, 3.63) is 76.5 Å². The molecule has 3 aromatic rings. The lowest BCUT2D eigenvalue weighted by Crippen LogP contribution is -2.42. The van der Waals surface area contributed by atoms with Gasteiger partial charge >= 0.3 is 0 Å². The topological polar surface area (TPSA) is 101 Å². The third-order valence-electron chi connectivity index (χ3n) is 7.41. The molecule has 9 heteroatoms. The molecule has 37 heavy (non-hydrogen) atoms. The molecule has 1 saturated carbocycles. The Labute approximate surface area is 215 Å². The minimum Gasteiger partial charge on any atom is -0.485 e. The van der Waals surface area contributed by atoms with E-state index in [1.807, 2.05) is 17.9 Å². The number of nitrogens with zero attached hydrogens (tertiary/aromatic N) is 3. The van der Waals surface area contributed by atoms with Crippen molar-refractivity contribution in [2.75, 3.05) is 19.6 Å². The van der Waals surface area contributed by atoms with Gasteiger partial charge in [-0.25, -0.2) is 9.37 Å². The molecule has 1 aromatic carbocycles. The van der Waals surface area contributed by atoms with Crippen molar-refractivity contribution < 1.29 is 23.4 Å². The third-order valence-corrected chi connectivity index (χ3v) is 7.41. The SMILES string of the molecule is Cc1c(OCc2cnco2)cc(F)c2c1CCN(C[C@@H](O)CNC(=O)c1ccnc(CC3CCC3)c1)C2. The predicted molar refractivity (Wildman–Crippen MR) is 135 cm³/mol. The summed E-state index contributed by atoms with van der Waals surface area (Å²) in [4.78, 5) is 22.9. The number of aliphatic hydroxyl groups is 1. The van der Waals surface area contributed by atoms with Crippen LogP contribution >= 0.6 is 0 Å². The van der Waals surface area contributed by atoms with Crippen LogP contribution in [0.25, 0.3) is 0 Å². The van der Waals surface area contributed by atoms with Gasteiger partial charge in [0, 0.05) is 55.3 Å². The molecule has 1 atom stereocenters. The highest BCUT2D eigenvalue weighted by molar-refractivity contribution is 5.94. The molecule has 2 N–H and O–H groups in total. The summed E-state index contributed by atoms with van der Waals surface area (Å²) >= 11 is 0. The van der Waals surface area contributed by atoms with Crippen molar-refractivity contribution in [1.29, 1.82) is 0 Å². The second-order valence-corrected chi connectivity index (χ2v) is 10.1. The van der Waals surface area contributed by atoms with E-state index in [0.29, 0.717) is 54.6 Å². The highest BCUT2D eigenvalue weighted by atomic mass is 19.1. The summed E-state index contributed by atoms with van der Waals surface area (Å²) < 4.78 is 26.0. The fraction of sp³-hybridized carbons (Fsp3) is 0.464. The number of ether oxygens (including phenoxy) is 1. The number of hydrogen-bond donors (Lipinski definition) is 2. The molecular weight excluding hydrogens is 475 g/mol. The molecule has 0 unspecified atom stereocenters. The molecule has 1 amide bonds. The fourth-order valence-corrected chi connectivity index (χ4v) is 5.08. The van der Waals surface area contributed by atoms with E-state index < -0.39 is 6.10 Å². The lowest BCUT2D eigenvalue weighted by Gasteiger charge is -2.32. The molecule has 0 saturated heterocycles. The molecule has 1 fully saturated rings. The zero-order valence-corrected chi connectivity index (χ0v) is 21.1. The number of oxazole rings is 1. The Balaban J connectivity index is 1.13. The van der Waals surface area contributed by atoms with Crippen LogP contribution in [-0.4, -0.2) is 51.6 Å². The number of fused-ring (bicyclic) bond motifs is 1. The van der Waals surface area contributed by atoms with Crippen LogP contribution < -0.4 is 10.1 Å². The molecule has 0 bridgehead atoms. The Bertz CT molecular complexity index is 1230. The summed E-state index contributed by atoms with van der Waals surface area (Å²) in [7, 11) is 0. The van der Waals surface area contributed by atoms with Gasteiger partial charge in [-0.3, -0.25) is 14.7 Å². The number of carbonyl (C=O) groups excluding carboxylic acids is 1. The number of rotatable bonds is 10. The second kappa shape index (κ2) is 11.4. The van der Waals surface area contributed by atoms with Gasteiger partial charge < -0.3 is 19.6 Å². The number of halogens is 1. The number of amides is 1. The first-order valence-electron chi connectivity index (χ1n) is 12.9. The van der Waals surface area contributed by atoms with Crippen molar-refractivity contribution in [3.63, 3.8) is 0 Å². The Hall–Kier alpha value is -3.30. The van der Waals surface area contributed by atoms with Crippen LogP contribution in [0.1, 0.15) is 57.8 Å². The normalized spacial score (nSPS) is 16.6. The third kappa shape index (κ3) is 6.17. The number of benzene rings is 1. The lowest BCUT2D eigenvalue weighted by molar-refractivity contribution is 0.0839. The number of β-amino-alcohol motifs (C(OH)–C–C–N with tert-alkyl or cyclic N) is 1. The van der Waals surface area contributed by atoms with Crippen LogP contribution in [-0.2, 0) is 26.0 Å². The van der Waals surface area contributed by atoms with Gasteiger partial charge in [-0.2, -0.15) is 0 Å².